The highest BCUT2D eigenvalue weighted by atomic mass is 16.2. The van der Waals surface area contributed by atoms with Gasteiger partial charge in [-0.2, -0.15) is 5.10 Å². The summed E-state index contributed by atoms with van der Waals surface area (Å²) in [5.74, 6) is 0. The molecule has 0 aromatic rings. The van der Waals surface area contributed by atoms with Crippen molar-refractivity contribution in [1.82, 2.24) is 5.43 Å². The van der Waals surface area contributed by atoms with Crippen LogP contribution in [0.2, 0.25) is 0 Å². The van der Waals surface area contributed by atoms with Crippen LogP contribution < -0.4 is 11.2 Å². The van der Waals surface area contributed by atoms with Crippen molar-refractivity contribution >= 4 is 18.0 Å². The Kier molecular flexibility index (Phi) is 3.04. The van der Waals surface area contributed by atoms with E-state index in [0.29, 0.717) is 6.29 Å². The minimum absolute atomic E-state index is 0.175. The van der Waals surface area contributed by atoms with Gasteiger partial charge >= 0.3 is 6.03 Å². The average molecular weight is 129 g/mol. The van der Waals surface area contributed by atoms with Crippen molar-refractivity contribution in [2.75, 3.05) is 0 Å². The van der Waals surface area contributed by atoms with Gasteiger partial charge in [-0.25, -0.2) is 10.2 Å². The molecule has 0 atom stereocenters. The number of carbonyl (C=O) groups is 2. The molecule has 0 aromatic heterocycles. The summed E-state index contributed by atoms with van der Waals surface area (Å²) >= 11 is 0. The summed E-state index contributed by atoms with van der Waals surface area (Å²) in [4.78, 5) is 19.7. The quantitative estimate of drug-likeness (QED) is 0.291. The molecular formula is C4H7N3O2. The van der Waals surface area contributed by atoms with Crippen LogP contribution in [0.4, 0.5) is 4.79 Å². The van der Waals surface area contributed by atoms with Gasteiger partial charge in [0.1, 0.15) is 0 Å². The van der Waals surface area contributed by atoms with Crippen LogP contribution in [-0.4, -0.2) is 18.0 Å². The maximum Gasteiger partial charge on any atom is 0.332 e. The largest absolute Gasteiger partial charge is 0.350 e. The predicted octanol–water partition coefficient (Wildman–Crippen LogP) is -0.770. The molecule has 0 aliphatic rings. The third kappa shape index (κ3) is 4.46. The Morgan fingerprint density at radius 3 is 2.67 bits per heavy atom. The first-order valence-electron chi connectivity index (χ1n) is 2.21. The summed E-state index contributed by atoms with van der Waals surface area (Å²) in [6, 6.07) is -0.781. The molecule has 0 aliphatic carbocycles. The zero-order chi connectivity index (χ0) is 7.28. The standard InChI is InChI=1S/C4H7N3O2/c1-3(2-8)6-7-4(5)9/h2H,1H3,(H3,5,7,9)/b6-3+. The molecule has 50 valence electrons. The van der Waals surface area contributed by atoms with E-state index in [2.05, 4.69) is 10.8 Å². The minimum atomic E-state index is -0.781. The van der Waals surface area contributed by atoms with Gasteiger partial charge in [0.2, 0.25) is 0 Å². The number of nitrogens with two attached hydrogens (primary N) is 1. The number of nitrogens with one attached hydrogen (secondary N) is 1. The van der Waals surface area contributed by atoms with E-state index in [4.69, 9.17) is 0 Å². The predicted molar refractivity (Wildman–Crippen MR) is 31.9 cm³/mol. The number of carbonyl (C=O) groups excluding carboxylic acids is 2. The molecule has 0 radical (unpaired) electrons. The van der Waals surface area contributed by atoms with Crippen LogP contribution in [0.15, 0.2) is 5.10 Å². The number of hydrogen-bond acceptors (Lipinski definition) is 3. The van der Waals surface area contributed by atoms with Crippen molar-refractivity contribution in [3.8, 4) is 0 Å². The SMILES string of the molecule is C/C(C=O)=N\NC(N)=O. The number of nitrogens with zero attached hydrogens (tertiary/aromatic N) is 1. The zero-order valence-corrected chi connectivity index (χ0v) is 4.92. The van der Waals surface area contributed by atoms with Crippen molar-refractivity contribution in [2.45, 2.75) is 6.92 Å². The molecule has 0 heterocycles. The fourth-order valence-corrected chi connectivity index (χ4v) is 0.170. The highest BCUT2D eigenvalue weighted by Gasteiger charge is 1.86. The van der Waals surface area contributed by atoms with E-state index in [9.17, 15) is 9.59 Å². The molecule has 0 saturated carbocycles. The van der Waals surface area contributed by atoms with Crippen LogP contribution >= 0.6 is 0 Å². The molecule has 0 bridgehead atoms. The van der Waals surface area contributed by atoms with Crippen LogP contribution in [0, 0.1) is 0 Å². The maximum atomic E-state index is 9.91. The summed E-state index contributed by atoms with van der Waals surface area (Å²) in [5.41, 5.74) is 6.69. The molecule has 0 aromatic carbocycles. The van der Waals surface area contributed by atoms with E-state index in [1.165, 1.54) is 6.92 Å². The molecule has 3 N–H and O–H groups in total. The van der Waals surface area contributed by atoms with Gasteiger partial charge < -0.3 is 5.73 Å². The molecule has 5 nitrogen and oxygen atoms in total. The Morgan fingerprint density at radius 1 is 1.78 bits per heavy atom. The van der Waals surface area contributed by atoms with Gasteiger partial charge in [0, 0.05) is 0 Å². The second kappa shape index (κ2) is 3.59. The molecule has 2 amide bonds. The normalized spacial score (nSPS) is 10.6. The van der Waals surface area contributed by atoms with Gasteiger partial charge in [-0.05, 0) is 6.92 Å². The molecule has 0 unspecified atom stereocenters. The number of primary amides is 1. The highest BCUT2D eigenvalue weighted by molar-refractivity contribution is 6.27. The Hall–Kier alpha value is -1.39. The topological polar surface area (TPSA) is 84.6 Å². The van der Waals surface area contributed by atoms with Gasteiger partial charge in [0.25, 0.3) is 0 Å². The third-order valence-corrected chi connectivity index (χ3v) is 0.513. The number of rotatable bonds is 2. The minimum Gasteiger partial charge on any atom is -0.350 e. The molecule has 9 heavy (non-hydrogen) atoms. The smallest absolute Gasteiger partial charge is 0.332 e. The van der Waals surface area contributed by atoms with Crippen LogP contribution in [0.3, 0.4) is 0 Å². The van der Waals surface area contributed by atoms with Gasteiger partial charge in [0.15, 0.2) is 6.29 Å². The monoisotopic (exact) mass is 129 g/mol. The van der Waals surface area contributed by atoms with Crippen molar-refractivity contribution in [1.29, 1.82) is 0 Å². The fraction of sp³-hybridized carbons (Fsp3) is 0.250. The van der Waals surface area contributed by atoms with E-state index >= 15 is 0 Å². The van der Waals surface area contributed by atoms with Crippen molar-refractivity contribution < 1.29 is 9.59 Å². The molecule has 0 fully saturated rings. The number of hydrazone groups is 1. The molecule has 0 rings (SSSR count). The highest BCUT2D eigenvalue weighted by Crippen LogP contribution is 1.65. The van der Waals surface area contributed by atoms with Gasteiger partial charge in [0.05, 0.1) is 5.71 Å². The Morgan fingerprint density at radius 2 is 2.33 bits per heavy atom. The Bertz CT molecular complexity index is 152. The Labute approximate surface area is 51.9 Å². The van der Waals surface area contributed by atoms with Crippen LogP contribution in [0.1, 0.15) is 6.92 Å². The van der Waals surface area contributed by atoms with Gasteiger partial charge in [-0.15, -0.1) is 0 Å². The van der Waals surface area contributed by atoms with Crippen molar-refractivity contribution in [2.24, 2.45) is 10.8 Å². The zero-order valence-electron chi connectivity index (χ0n) is 4.92. The first kappa shape index (κ1) is 7.61. The second-order valence-electron chi connectivity index (χ2n) is 1.35. The van der Waals surface area contributed by atoms with Crippen LogP contribution in [-0.2, 0) is 4.79 Å². The number of hydrogen-bond donors (Lipinski definition) is 2. The molecule has 0 saturated heterocycles. The van der Waals surface area contributed by atoms with E-state index < -0.39 is 6.03 Å². The van der Waals surface area contributed by atoms with E-state index in [-0.39, 0.29) is 5.71 Å². The molecule has 0 spiro atoms. The lowest BCUT2D eigenvalue weighted by Gasteiger charge is -1.89. The van der Waals surface area contributed by atoms with Crippen LogP contribution in [0.5, 0.6) is 0 Å². The van der Waals surface area contributed by atoms with Gasteiger partial charge in [-0.1, -0.05) is 0 Å². The average Bonchev–Trinajstić information content (AvgIpc) is 1.83. The first-order chi connectivity index (χ1) is 4.16. The molecular weight excluding hydrogens is 122 g/mol. The lowest BCUT2D eigenvalue weighted by Crippen LogP contribution is -2.25. The van der Waals surface area contributed by atoms with Crippen LogP contribution in [0.25, 0.3) is 0 Å². The number of amides is 2. The maximum absolute atomic E-state index is 9.91. The summed E-state index contributed by atoms with van der Waals surface area (Å²) in [6.45, 7) is 1.45. The third-order valence-electron chi connectivity index (χ3n) is 0.513. The summed E-state index contributed by atoms with van der Waals surface area (Å²) in [7, 11) is 0. The second-order valence-corrected chi connectivity index (χ2v) is 1.35. The molecule has 5 heteroatoms. The lowest BCUT2D eigenvalue weighted by atomic mass is 10.5. The first-order valence-corrected chi connectivity index (χ1v) is 2.21. The van der Waals surface area contributed by atoms with E-state index in [1.807, 2.05) is 5.43 Å². The lowest BCUT2D eigenvalue weighted by molar-refractivity contribution is -0.102. The van der Waals surface area contributed by atoms with E-state index in [0.717, 1.165) is 0 Å². The number of urea groups is 1. The number of aldehydes is 1. The fourth-order valence-electron chi connectivity index (χ4n) is 0.170. The van der Waals surface area contributed by atoms with Crippen molar-refractivity contribution in [3.63, 3.8) is 0 Å². The summed E-state index contributed by atoms with van der Waals surface area (Å²) in [5, 5.41) is 3.27. The van der Waals surface area contributed by atoms with Gasteiger partial charge in [-0.3, -0.25) is 4.79 Å². The molecule has 0 aliphatic heterocycles. The van der Waals surface area contributed by atoms with Crippen molar-refractivity contribution in [3.05, 3.63) is 0 Å². The summed E-state index contributed by atoms with van der Waals surface area (Å²) in [6.07, 6.45) is 0.510. The Balaban J connectivity index is 3.69. The summed E-state index contributed by atoms with van der Waals surface area (Å²) < 4.78 is 0. The van der Waals surface area contributed by atoms with E-state index in [1.54, 1.807) is 0 Å².